The van der Waals surface area contributed by atoms with Gasteiger partial charge in [-0.3, -0.25) is 9.69 Å². The number of hydrogen-bond donors (Lipinski definition) is 0. The maximum atomic E-state index is 13.0. The molecule has 0 radical (unpaired) electrons. The minimum Gasteiger partial charge on any atom is -0.471 e. The van der Waals surface area contributed by atoms with Crippen molar-refractivity contribution in [2.75, 3.05) is 26.2 Å². The highest BCUT2D eigenvalue weighted by atomic mass is 35.5. The predicted octanol–water partition coefficient (Wildman–Crippen LogP) is 4.32. The zero-order valence-electron chi connectivity index (χ0n) is 16.7. The van der Waals surface area contributed by atoms with Crippen molar-refractivity contribution in [3.05, 3.63) is 81.8 Å². The topological polar surface area (TPSA) is 50.6 Å². The van der Waals surface area contributed by atoms with E-state index in [9.17, 15) is 9.18 Å². The molecule has 162 valence electrons. The van der Waals surface area contributed by atoms with E-state index >= 15 is 0 Å². The molecule has 6 nitrogen and oxygen atoms in total. The molecule has 0 atom stereocenters. The van der Waals surface area contributed by atoms with E-state index in [1.54, 1.807) is 29.3 Å². The van der Waals surface area contributed by atoms with Crippen LogP contribution in [-0.2, 0) is 13.3 Å². The smallest absolute Gasteiger partial charge is 0.274 e. The van der Waals surface area contributed by atoms with Crippen LogP contribution in [-0.4, -0.2) is 51.7 Å². The molecule has 1 aromatic heterocycles. The fraction of sp³-hybridized carbons (Fsp3) is 0.273. The second kappa shape index (κ2) is 9.68. The van der Waals surface area contributed by atoms with Crippen LogP contribution in [0.15, 0.2) is 54.7 Å². The lowest BCUT2D eigenvalue weighted by atomic mass is 10.2. The quantitative estimate of drug-likeness (QED) is 0.547. The molecule has 2 heterocycles. The molecule has 1 saturated heterocycles. The summed E-state index contributed by atoms with van der Waals surface area (Å²) in [7, 11) is 0. The number of amides is 1. The van der Waals surface area contributed by atoms with Crippen molar-refractivity contribution in [3.8, 4) is 5.75 Å². The summed E-state index contributed by atoms with van der Waals surface area (Å²) in [6.07, 6.45) is 1.69. The SMILES string of the molecule is O=C(c1ccn(COc2ccc(F)cc2)n1)N1CCN(Cc2c(Cl)cccc2Cl)CC1. The van der Waals surface area contributed by atoms with Gasteiger partial charge in [0.1, 0.15) is 11.6 Å². The molecule has 4 rings (SSSR count). The first kappa shape index (κ1) is 21.6. The lowest BCUT2D eigenvalue weighted by Crippen LogP contribution is -2.48. The molecule has 1 aliphatic heterocycles. The Morgan fingerprint density at radius 3 is 2.35 bits per heavy atom. The first-order valence-corrected chi connectivity index (χ1v) is 10.6. The van der Waals surface area contributed by atoms with Crippen LogP contribution in [0.3, 0.4) is 0 Å². The van der Waals surface area contributed by atoms with Gasteiger partial charge in [0.15, 0.2) is 12.4 Å². The van der Waals surface area contributed by atoms with E-state index in [0.29, 0.717) is 41.1 Å². The third-order valence-corrected chi connectivity index (χ3v) is 5.85. The monoisotopic (exact) mass is 462 g/mol. The number of benzene rings is 2. The van der Waals surface area contributed by atoms with Crippen LogP contribution in [0.4, 0.5) is 4.39 Å². The number of ether oxygens (including phenoxy) is 1. The van der Waals surface area contributed by atoms with Crippen molar-refractivity contribution >= 4 is 29.1 Å². The minimum absolute atomic E-state index is 0.115. The van der Waals surface area contributed by atoms with Gasteiger partial charge in [0.25, 0.3) is 5.91 Å². The van der Waals surface area contributed by atoms with Gasteiger partial charge in [-0.1, -0.05) is 29.3 Å². The van der Waals surface area contributed by atoms with Crippen LogP contribution in [0.2, 0.25) is 10.0 Å². The standard InChI is InChI=1S/C22H21Cl2FN4O2/c23-19-2-1-3-20(24)18(19)14-27-10-12-28(13-11-27)22(30)21-8-9-29(26-21)15-31-17-6-4-16(25)5-7-17/h1-9H,10-15H2. The number of piperazine rings is 1. The summed E-state index contributed by atoms with van der Waals surface area (Å²) >= 11 is 12.5. The van der Waals surface area contributed by atoms with Gasteiger partial charge < -0.3 is 9.64 Å². The summed E-state index contributed by atoms with van der Waals surface area (Å²) < 4.78 is 20.0. The second-order valence-corrected chi connectivity index (χ2v) is 8.05. The van der Waals surface area contributed by atoms with E-state index in [4.69, 9.17) is 27.9 Å². The van der Waals surface area contributed by atoms with Gasteiger partial charge >= 0.3 is 0 Å². The maximum absolute atomic E-state index is 13.0. The van der Waals surface area contributed by atoms with Crippen molar-refractivity contribution in [1.82, 2.24) is 19.6 Å². The molecule has 0 N–H and O–H groups in total. The number of halogens is 3. The number of hydrogen-bond acceptors (Lipinski definition) is 4. The summed E-state index contributed by atoms with van der Waals surface area (Å²) in [5.41, 5.74) is 1.27. The maximum Gasteiger partial charge on any atom is 0.274 e. The number of carbonyl (C=O) groups excluding carboxylic acids is 1. The van der Waals surface area contributed by atoms with Crippen LogP contribution < -0.4 is 4.74 Å². The lowest BCUT2D eigenvalue weighted by Gasteiger charge is -2.34. The average molecular weight is 463 g/mol. The Morgan fingerprint density at radius 2 is 1.68 bits per heavy atom. The first-order valence-electron chi connectivity index (χ1n) is 9.86. The number of nitrogens with zero attached hydrogens (tertiary/aromatic N) is 4. The third kappa shape index (κ3) is 5.36. The van der Waals surface area contributed by atoms with Crippen molar-refractivity contribution < 1.29 is 13.9 Å². The second-order valence-electron chi connectivity index (χ2n) is 7.24. The first-order chi connectivity index (χ1) is 15.0. The van der Waals surface area contributed by atoms with Crippen molar-refractivity contribution in [2.24, 2.45) is 0 Å². The molecule has 2 aromatic carbocycles. The van der Waals surface area contributed by atoms with E-state index in [-0.39, 0.29) is 18.5 Å². The molecule has 1 fully saturated rings. The molecule has 9 heteroatoms. The van der Waals surface area contributed by atoms with Gasteiger partial charge in [-0.25, -0.2) is 9.07 Å². The van der Waals surface area contributed by atoms with Crippen LogP contribution in [0.5, 0.6) is 5.75 Å². The Labute approximate surface area is 189 Å². The normalized spacial score (nSPS) is 14.6. The Hall–Kier alpha value is -2.61. The Kier molecular flexibility index (Phi) is 6.75. The van der Waals surface area contributed by atoms with Crippen molar-refractivity contribution in [2.45, 2.75) is 13.3 Å². The fourth-order valence-corrected chi connectivity index (χ4v) is 3.91. The van der Waals surface area contributed by atoms with E-state index < -0.39 is 0 Å². The zero-order valence-corrected chi connectivity index (χ0v) is 18.2. The van der Waals surface area contributed by atoms with Crippen LogP contribution in [0.1, 0.15) is 16.1 Å². The molecule has 0 aliphatic carbocycles. The number of aromatic nitrogens is 2. The van der Waals surface area contributed by atoms with Gasteiger partial charge in [-0.2, -0.15) is 5.10 Å². The minimum atomic E-state index is -0.325. The number of rotatable bonds is 6. The van der Waals surface area contributed by atoms with Gasteiger partial charge in [0.05, 0.1) is 0 Å². The van der Waals surface area contributed by atoms with Gasteiger partial charge in [-0.15, -0.1) is 0 Å². The molecule has 1 amide bonds. The lowest BCUT2D eigenvalue weighted by molar-refractivity contribution is 0.0621. The summed E-state index contributed by atoms with van der Waals surface area (Å²) in [6, 6.07) is 12.9. The largest absolute Gasteiger partial charge is 0.471 e. The van der Waals surface area contributed by atoms with E-state index in [1.165, 1.54) is 16.8 Å². The Morgan fingerprint density at radius 1 is 1.00 bits per heavy atom. The van der Waals surface area contributed by atoms with Crippen LogP contribution >= 0.6 is 23.2 Å². The van der Waals surface area contributed by atoms with E-state index in [2.05, 4.69) is 10.00 Å². The summed E-state index contributed by atoms with van der Waals surface area (Å²) in [5.74, 6) is 0.0878. The van der Waals surface area contributed by atoms with E-state index in [1.807, 2.05) is 18.2 Å². The third-order valence-electron chi connectivity index (χ3n) is 5.14. The predicted molar refractivity (Wildman–Crippen MR) is 117 cm³/mol. The highest BCUT2D eigenvalue weighted by Gasteiger charge is 2.24. The van der Waals surface area contributed by atoms with Crippen molar-refractivity contribution in [3.63, 3.8) is 0 Å². The fourth-order valence-electron chi connectivity index (χ4n) is 3.40. The molecule has 31 heavy (non-hydrogen) atoms. The zero-order chi connectivity index (χ0) is 21.8. The average Bonchev–Trinajstić information content (AvgIpc) is 3.25. The molecule has 0 bridgehead atoms. The highest BCUT2D eigenvalue weighted by Crippen LogP contribution is 2.26. The summed E-state index contributed by atoms with van der Waals surface area (Å²) in [6.45, 7) is 3.42. The molecular weight excluding hydrogens is 442 g/mol. The molecule has 0 saturated carbocycles. The highest BCUT2D eigenvalue weighted by molar-refractivity contribution is 6.35. The van der Waals surface area contributed by atoms with Gasteiger partial charge in [0.2, 0.25) is 0 Å². The summed E-state index contributed by atoms with van der Waals surface area (Å²) in [4.78, 5) is 16.8. The molecule has 0 spiro atoms. The molecule has 1 aliphatic rings. The van der Waals surface area contributed by atoms with Crippen LogP contribution in [0.25, 0.3) is 0 Å². The van der Waals surface area contributed by atoms with E-state index in [0.717, 1.165) is 18.7 Å². The molecule has 3 aromatic rings. The van der Waals surface area contributed by atoms with Crippen LogP contribution in [0, 0.1) is 5.82 Å². The van der Waals surface area contributed by atoms with Gasteiger partial charge in [0, 0.05) is 54.5 Å². The summed E-state index contributed by atoms with van der Waals surface area (Å²) in [5, 5.41) is 5.61. The Balaban J connectivity index is 1.29. The van der Waals surface area contributed by atoms with Crippen molar-refractivity contribution in [1.29, 1.82) is 0 Å². The molecule has 0 unspecified atom stereocenters. The molecular formula is C22H21Cl2FN4O2. The number of carbonyl (C=O) groups is 1. The van der Waals surface area contributed by atoms with Gasteiger partial charge in [-0.05, 0) is 42.5 Å². The Bertz CT molecular complexity index is 1030.